The van der Waals surface area contributed by atoms with Crippen molar-refractivity contribution in [1.29, 1.82) is 0 Å². The number of benzene rings is 2. The van der Waals surface area contributed by atoms with Gasteiger partial charge in [0.1, 0.15) is 11.5 Å². The van der Waals surface area contributed by atoms with Gasteiger partial charge >= 0.3 is 5.97 Å². The van der Waals surface area contributed by atoms with Crippen molar-refractivity contribution in [3.05, 3.63) is 76.9 Å². The maximum Gasteiger partial charge on any atom is 0.343 e. The van der Waals surface area contributed by atoms with E-state index in [1.807, 2.05) is 37.3 Å². The van der Waals surface area contributed by atoms with Crippen molar-refractivity contribution in [1.82, 2.24) is 0 Å². The first kappa shape index (κ1) is 13.2. The quantitative estimate of drug-likeness (QED) is 0.673. The second kappa shape index (κ2) is 5.29. The SMILES string of the molecule is Cc1ccc(C2=C/C(=C/c3cccc(O)c3)C(=O)O2)cc1. The molecule has 0 radical (unpaired) electrons. The number of aryl methyl sites for hydroxylation is 1. The molecule has 0 saturated heterocycles. The number of esters is 1. The molecule has 1 heterocycles. The third-order valence-corrected chi connectivity index (χ3v) is 3.25. The first-order chi connectivity index (χ1) is 10.1. The topological polar surface area (TPSA) is 46.5 Å². The average molecular weight is 278 g/mol. The summed E-state index contributed by atoms with van der Waals surface area (Å²) in [5.74, 6) is 0.332. The second-order valence-electron chi connectivity index (χ2n) is 4.96. The molecule has 0 atom stereocenters. The first-order valence-electron chi connectivity index (χ1n) is 6.63. The van der Waals surface area contributed by atoms with E-state index in [4.69, 9.17) is 4.74 Å². The molecule has 2 aromatic rings. The molecule has 0 fully saturated rings. The van der Waals surface area contributed by atoms with Gasteiger partial charge in [0.15, 0.2) is 0 Å². The van der Waals surface area contributed by atoms with Gasteiger partial charge in [0.25, 0.3) is 0 Å². The summed E-state index contributed by atoms with van der Waals surface area (Å²) in [6.45, 7) is 2.01. The normalized spacial score (nSPS) is 16.0. The van der Waals surface area contributed by atoms with Crippen LogP contribution in [0.4, 0.5) is 0 Å². The van der Waals surface area contributed by atoms with Crippen molar-refractivity contribution in [3.63, 3.8) is 0 Å². The highest BCUT2D eigenvalue weighted by atomic mass is 16.5. The van der Waals surface area contributed by atoms with Crippen LogP contribution in [-0.4, -0.2) is 11.1 Å². The summed E-state index contributed by atoms with van der Waals surface area (Å²) in [6, 6.07) is 14.5. The number of cyclic esters (lactones) is 1. The van der Waals surface area contributed by atoms with Gasteiger partial charge in [0.05, 0.1) is 5.57 Å². The predicted molar refractivity (Wildman–Crippen MR) is 81.3 cm³/mol. The monoisotopic (exact) mass is 278 g/mol. The molecule has 3 rings (SSSR count). The van der Waals surface area contributed by atoms with Crippen LogP contribution < -0.4 is 0 Å². The highest BCUT2D eigenvalue weighted by Gasteiger charge is 2.21. The van der Waals surface area contributed by atoms with Crippen LogP contribution in [0.3, 0.4) is 0 Å². The predicted octanol–water partition coefficient (Wildman–Crippen LogP) is 3.68. The van der Waals surface area contributed by atoms with Crippen LogP contribution in [-0.2, 0) is 9.53 Å². The average Bonchev–Trinajstić information content (AvgIpc) is 2.81. The Balaban J connectivity index is 1.93. The van der Waals surface area contributed by atoms with Crippen molar-refractivity contribution in [2.75, 3.05) is 0 Å². The van der Waals surface area contributed by atoms with E-state index in [1.165, 1.54) is 0 Å². The van der Waals surface area contributed by atoms with E-state index in [9.17, 15) is 9.90 Å². The van der Waals surface area contributed by atoms with E-state index in [-0.39, 0.29) is 11.7 Å². The molecule has 3 nitrogen and oxygen atoms in total. The zero-order chi connectivity index (χ0) is 14.8. The Hall–Kier alpha value is -2.81. The minimum Gasteiger partial charge on any atom is -0.508 e. The van der Waals surface area contributed by atoms with Gasteiger partial charge in [-0.1, -0.05) is 42.0 Å². The number of phenolic OH excluding ortho intramolecular Hbond substituents is 1. The third kappa shape index (κ3) is 2.87. The van der Waals surface area contributed by atoms with Gasteiger partial charge in [0, 0.05) is 5.56 Å². The highest BCUT2D eigenvalue weighted by molar-refractivity contribution is 6.05. The van der Waals surface area contributed by atoms with Crippen molar-refractivity contribution in [2.24, 2.45) is 0 Å². The van der Waals surface area contributed by atoms with Crippen LogP contribution in [0.25, 0.3) is 11.8 Å². The van der Waals surface area contributed by atoms with E-state index in [0.717, 1.165) is 16.7 Å². The van der Waals surface area contributed by atoms with E-state index in [0.29, 0.717) is 11.3 Å². The molecule has 1 aliphatic rings. The lowest BCUT2D eigenvalue weighted by Crippen LogP contribution is -1.97. The van der Waals surface area contributed by atoms with E-state index >= 15 is 0 Å². The van der Waals surface area contributed by atoms with E-state index in [1.54, 1.807) is 30.4 Å². The largest absolute Gasteiger partial charge is 0.508 e. The summed E-state index contributed by atoms with van der Waals surface area (Å²) in [5.41, 5.74) is 3.24. The third-order valence-electron chi connectivity index (χ3n) is 3.25. The smallest absolute Gasteiger partial charge is 0.343 e. The fourth-order valence-corrected chi connectivity index (χ4v) is 2.14. The molecule has 0 saturated carbocycles. The summed E-state index contributed by atoms with van der Waals surface area (Å²) >= 11 is 0. The zero-order valence-electron chi connectivity index (χ0n) is 11.5. The number of carbonyl (C=O) groups is 1. The Morgan fingerprint density at radius 2 is 1.86 bits per heavy atom. The van der Waals surface area contributed by atoms with Gasteiger partial charge in [-0.15, -0.1) is 0 Å². The molecular formula is C18H14O3. The number of phenols is 1. The molecule has 1 aliphatic heterocycles. The van der Waals surface area contributed by atoms with Crippen LogP contribution in [0.1, 0.15) is 16.7 Å². The molecule has 3 heteroatoms. The number of hydrogen-bond donors (Lipinski definition) is 1. The lowest BCUT2D eigenvalue weighted by Gasteiger charge is -2.01. The minimum atomic E-state index is -0.381. The van der Waals surface area contributed by atoms with Crippen LogP contribution >= 0.6 is 0 Å². The van der Waals surface area contributed by atoms with Gasteiger partial charge in [-0.05, 0) is 36.8 Å². The molecule has 0 spiro atoms. The van der Waals surface area contributed by atoms with Gasteiger partial charge in [0.2, 0.25) is 0 Å². The molecule has 0 aromatic heterocycles. The fraction of sp³-hybridized carbons (Fsp3) is 0.0556. The molecule has 2 aromatic carbocycles. The van der Waals surface area contributed by atoms with Crippen molar-refractivity contribution in [2.45, 2.75) is 6.92 Å². The second-order valence-corrected chi connectivity index (χ2v) is 4.96. The van der Waals surface area contributed by atoms with Crippen LogP contribution in [0.5, 0.6) is 5.75 Å². The molecule has 0 unspecified atom stereocenters. The number of ether oxygens (including phenoxy) is 1. The highest BCUT2D eigenvalue weighted by Crippen LogP contribution is 2.28. The van der Waals surface area contributed by atoms with Crippen LogP contribution in [0, 0.1) is 6.92 Å². The summed E-state index contributed by atoms with van der Waals surface area (Å²) in [7, 11) is 0. The molecule has 0 aliphatic carbocycles. The maximum absolute atomic E-state index is 11.9. The lowest BCUT2D eigenvalue weighted by atomic mass is 10.1. The van der Waals surface area contributed by atoms with Crippen molar-refractivity contribution >= 4 is 17.8 Å². The van der Waals surface area contributed by atoms with Gasteiger partial charge in [-0.25, -0.2) is 4.79 Å². The Bertz CT molecular complexity index is 752. The number of carbonyl (C=O) groups excluding carboxylic acids is 1. The number of aromatic hydroxyl groups is 1. The summed E-state index contributed by atoms with van der Waals surface area (Å²) in [4.78, 5) is 11.9. The molecule has 0 amide bonds. The van der Waals surface area contributed by atoms with E-state index < -0.39 is 0 Å². The molecular weight excluding hydrogens is 264 g/mol. The van der Waals surface area contributed by atoms with Crippen molar-refractivity contribution in [3.8, 4) is 5.75 Å². The standard InChI is InChI=1S/C18H14O3/c1-12-5-7-14(8-6-12)17-11-15(18(20)21-17)9-13-3-2-4-16(19)10-13/h2-11,19H,1H3/b15-9-. The Labute approximate surface area is 122 Å². The molecule has 21 heavy (non-hydrogen) atoms. The minimum absolute atomic E-state index is 0.165. The van der Waals surface area contributed by atoms with Crippen LogP contribution in [0.15, 0.2) is 60.2 Å². The first-order valence-corrected chi connectivity index (χ1v) is 6.63. The zero-order valence-corrected chi connectivity index (χ0v) is 11.5. The van der Waals surface area contributed by atoms with E-state index in [2.05, 4.69) is 0 Å². The molecule has 104 valence electrons. The summed E-state index contributed by atoms with van der Waals surface area (Å²) in [6.07, 6.45) is 3.42. The summed E-state index contributed by atoms with van der Waals surface area (Å²) in [5, 5.41) is 9.45. The Kier molecular flexibility index (Phi) is 3.32. The number of rotatable bonds is 2. The van der Waals surface area contributed by atoms with Gasteiger partial charge in [-0.3, -0.25) is 0 Å². The molecule has 0 bridgehead atoms. The van der Waals surface area contributed by atoms with Crippen molar-refractivity contribution < 1.29 is 14.6 Å². The Morgan fingerprint density at radius 1 is 1.10 bits per heavy atom. The van der Waals surface area contributed by atoms with Gasteiger partial charge < -0.3 is 9.84 Å². The van der Waals surface area contributed by atoms with Crippen LogP contribution in [0.2, 0.25) is 0 Å². The number of hydrogen-bond acceptors (Lipinski definition) is 3. The molecule has 1 N–H and O–H groups in total. The Morgan fingerprint density at radius 3 is 2.57 bits per heavy atom. The maximum atomic E-state index is 11.9. The lowest BCUT2D eigenvalue weighted by molar-refractivity contribution is -0.130. The summed E-state index contributed by atoms with van der Waals surface area (Å²) < 4.78 is 5.29. The fourth-order valence-electron chi connectivity index (χ4n) is 2.14. The van der Waals surface area contributed by atoms with Gasteiger partial charge in [-0.2, -0.15) is 0 Å².